The smallest absolute Gasteiger partial charge is 0.356 e. The standard InChI is InChI=1S/C21H17F3N4O/c1-2-3-12-4-5-15(21(22,23)24)13(10-12)19-25-8-7-17(28-19)18-11-14-16(27-18)6-9-26-20(14)29/h2-5,7-8,10-11,27H,6,9H2,1H3,(H,26,29)/b3-2+. The van der Waals surface area contributed by atoms with Crippen LogP contribution in [0.3, 0.4) is 0 Å². The molecular formula is C21H17F3N4O. The van der Waals surface area contributed by atoms with Crippen molar-refractivity contribution >= 4 is 12.0 Å². The van der Waals surface area contributed by atoms with Crippen LogP contribution in [0.15, 0.2) is 42.6 Å². The molecule has 1 aliphatic rings. The van der Waals surface area contributed by atoms with Gasteiger partial charge in [0.05, 0.1) is 22.5 Å². The van der Waals surface area contributed by atoms with Crippen molar-refractivity contribution in [1.82, 2.24) is 20.3 Å². The molecule has 3 aromatic rings. The van der Waals surface area contributed by atoms with Gasteiger partial charge in [-0.3, -0.25) is 4.79 Å². The van der Waals surface area contributed by atoms with Gasteiger partial charge in [0.2, 0.25) is 0 Å². The van der Waals surface area contributed by atoms with Gasteiger partial charge in [-0.2, -0.15) is 13.2 Å². The second-order valence-electron chi connectivity index (χ2n) is 6.65. The number of alkyl halides is 3. The minimum atomic E-state index is -4.53. The molecule has 2 N–H and O–H groups in total. The van der Waals surface area contributed by atoms with E-state index in [1.807, 2.05) is 0 Å². The largest absolute Gasteiger partial charge is 0.417 e. The zero-order chi connectivity index (χ0) is 20.6. The SMILES string of the molecule is C/C=C/c1ccc(C(F)(F)F)c(-c2nccc(-c3cc4c([nH]3)CCNC4=O)n2)c1. The van der Waals surface area contributed by atoms with Crippen LogP contribution in [0.4, 0.5) is 13.2 Å². The van der Waals surface area contributed by atoms with Gasteiger partial charge >= 0.3 is 6.18 Å². The van der Waals surface area contributed by atoms with Crippen molar-refractivity contribution in [2.45, 2.75) is 19.5 Å². The van der Waals surface area contributed by atoms with Gasteiger partial charge < -0.3 is 10.3 Å². The Bertz CT molecular complexity index is 1120. The molecule has 0 radical (unpaired) electrons. The predicted molar refractivity (Wildman–Crippen MR) is 103 cm³/mol. The molecule has 0 aliphatic carbocycles. The normalized spacial score (nSPS) is 14.1. The number of benzene rings is 1. The topological polar surface area (TPSA) is 70.7 Å². The van der Waals surface area contributed by atoms with Gasteiger partial charge in [0.25, 0.3) is 5.91 Å². The van der Waals surface area contributed by atoms with Crippen molar-refractivity contribution in [3.05, 3.63) is 65.0 Å². The molecule has 148 valence electrons. The van der Waals surface area contributed by atoms with E-state index in [2.05, 4.69) is 20.3 Å². The Balaban J connectivity index is 1.82. The molecule has 29 heavy (non-hydrogen) atoms. The summed E-state index contributed by atoms with van der Waals surface area (Å²) in [5, 5.41) is 2.76. The average Bonchev–Trinajstić information content (AvgIpc) is 3.13. The molecule has 2 aromatic heterocycles. The number of halogens is 3. The third-order valence-electron chi connectivity index (χ3n) is 4.69. The van der Waals surface area contributed by atoms with E-state index in [0.29, 0.717) is 35.5 Å². The van der Waals surface area contributed by atoms with Crippen LogP contribution in [0.25, 0.3) is 28.9 Å². The highest BCUT2D eigenvalue weighted by Crippen LogP contribution is 2.37. The van der Waals surface area contributed by atoms with Crippen LogP contribution >= 0.6 is 0 Å². The summed E-state index contributed by atoms with van der Waals surface area (Å²) in [7, 11) is 0. The van der Waals surface area contributed by atoms with Crippen LogP contribution in [-0.2, 0) is 12.6 Å². The van der Waals surface area contributed by atoms with Gasteiger partial charge in [0.1, 0.15) is 0 Å². The number of hydrogen-bond acceptors (Lipinski definition) is 3. The first-order valence-electron chi connectivity index (χ1n) is 9.04. The number of H-pyrrole nitrogens is 1. The Kier molecular flexibility index (Phi) is 4.70. The zero-order valence-electron chi connectivity index (χ0n) is 15.5. The van der Waals surface area contributed by atoms with E-state index in [1.54, 1.807) is 31.2 Å². The number of hydrogen-bond donors (Lipinski definition) is 2. The minimum Gasteiger partial charge on any atom is -0.356 e. The number of fused-ring (bicyclic) bond motifs is 1. The number of aromatic amines is 1. The minimum absolute atomic E-state index is 0.0294. The van der Waals surface area contributed by atoms with Crippen molar-refractivity contribution in [1.29, 1.82) is 0 Å². The van der Waals surface area contributed by atoms with E-state index >= 15 is 0 Å². The first-order chi connectivity index (χ1) is 13.9. The molecule has 1 aliphatic heterocycles. The Labute approximate surface area is 164 Å². The first-order valence-corrected chi connectivity index (χ1v) is 9.04. The Hall–Kier alpha value is -3.42. The number of nitrogens with zero attached hydrogens (tertiary/aromatic N) is 2. The third kappa shape index (κ3) is 3.65. The van der Waals surface area contributed by atoms with Crippen molar-refractivity contribution in [2.24, 2.45) is 0 Å². The van der Waals surface area contributed by atoms with Gasteiger partial charge in [0, 0.05) is 30.4 Å². The molecule has 0 saturated carbocycles. The van der Waals surface area contributed by atoms with E-state index in [-0.39, 0.29) is 17.3 Å². The lowest BCUT2D eigenvalue weighted by Gasteiger charge is -2.13. The average molecular weight is 398 g/mol. The highest BCUT2D eigenvalue weighted by atomic mass is 19.4. The van der Waals surface area contributed by atoms with E-state index in [4.69, 9.17) is 0 Å². The molecule has 0 unspecified atom stereocenters. The van der Waals surface area contributed by atoms with Crippen LogP contribution in [0.1, 0.15) is 34.1 Å². The van der Waals surface area contributed by atoms with Gasteiger partial charge in [-0.05, 0) is 36.8 Å². The molecular weight excluding hydrogens is 381 g/mol. The van der Waals surface area contributed by atoms with Crippen LogP contribution in [-0.4, -0.2) is 27.4 Å². The van der Waals surface area contributed by atoms with Crippen molar-refractivity contribution < 1.29 is 18.0 Å². The fourth-order valence-electron chi connectivity index (χ4n) is 3.36. The number of aromatic nitrogens is 3. The van der Waals surface area contributed by atoms with Crippen LogP contribution in [0.5, 0.6) is 0 Å². The number of allylic oxidation sites excluding steroid dienone is 1. The van der Waals surface area contributed by atoms with E-state index < -0.39 is 11.7 Å². The number of carbonyl (C=O) groups excluding carboxylic acids is 1. The highest BCUT2D eigenvalue weighted by Gasteiger charge is 2.34. The lowest BCUT2D eigenvalue weighted by atomic mass is 10.0. The van der Waals surface area contributed by atoms with Gasteiger partial charge in [-0.25, -0.2) is 9.97 Å². The van der Waals surface area contributed by atoms with Gasteiger partial charge in [0.15, 0.2) is 5.82 Å². The van der Waals surface area contributed by atoms with Crippen molar-refractivity contribution in [2.75, 3.05) is 6.54 Å². The quantitative estimate of drug-likeness (QED) is 0.684. The molecule has 3 heterocycles. The molecule has 8 heteroatoms. The molecule has 1 aromatic carbocycles. The number of rotatable bonds is 3. The molecule has 0 spiro atoms. The predicted octanol–water partition coefficient (Wildman–Crippen LogP) is 4.48. The summed E-state index contributed by atoms with van der Waals surface area (Å²) < 4.78 is 40.6. The molecule has 0 fully saturated rings. The maximum atomic E-state index is 13.5. The summed E-state index contributed by atoms with van der Waals surface area (Å²) in [6, 6.07) is 7.14. The monoisotopic (exact) mass is 398 g/mol. The molecule has 0 saturated heterocycles. The first kappa shape index (κ1) is 18.9. The van der Waals surface area contributed by atoms with E-state index in [1.165, 1.54) is 18.3 Å². The van der Waals surface area contributed by atoms with E-state index in [0.717, 1.165) is 11.8 Å². The number of amides is 1. The molecule has 0 atom stereocenters. The molecule has 1 amide bonds. The van der Waals surface area contributed by atoms with Crippen LogP contribution < -0.4 is 5.32 Å². The van der Waals surface area contributed by atoms with Gasteiger partial charge in [-0.1, -0.05) is 18.2 Å². The lowest BCUT2D eigenvalue weighted by Crippen LogP contribution is -2.31. The molecule has 5 nitrogen and oxygen atoms in total. The second-order valence-corrected chi connectivity index (χ2v) is 6.65. The summed E-state index contributed by atoms with van der Waals surface area (Å²) in [5.41, 5.74) is 2.02. The Morgan fingerprint density at radius 1 is 1.14 bits per heavy atom. The maximum absolute atomic E-state index is 13.5. The highest BCUT2D eigenvalue weighted by molar-refractivity contribution is 5.97. The van der Waals surface area contributed by atoms with Crippen LogP contribution in [0.2, 0.25) is 0 Å². The van der Waals surface area contributed by atoms with E-state index in [9.17, 15) is 18.0 Å². The third-order valence-corrected chi connectivity index (χ3v) is 4.69. The second kappa shape index (κ2) is 7.20. The Morgan fingerprint density at radius 3 is 2.69 bits per heavy atom. The Morgan fingerprint density at radius 2 is 1.97 bits per heavy atom. The zero-order valence-corrected chi connectivity index (χ0v) is 15.5. The molecule has 0 bridgehead atoms. The van der Waals surface area contributed by atoms with Crippen molar-refractivity contribution in [3.63, 3.8) is 0 Å². The fourth-order valence-corrected chi connectivity index (χ4v) is 3.36. The fraction of sp³-hybridized carbons (Fsp3) is 0.190. The summed E-state index contributed by atoms with van der Waals surface area (Å²) in [6.45, 7) is 2.32. The van der Waals surface area contributed by atoms with Crippen molar-refractivity contribution in [3.8, 4) is 22.8 Å². The number of nitrogens with one attached hydrogen (secondary N) is 2. The summed E-state index contributed by atoms with van der Waals surface area (Å²) in [6.07, 6.45) is 0.999. The van der Waals surface area contributed by atoms with Gasteiger partial charge in [-0.15, -0.1) is 0 Å². The maximum Gasteiger partial charge on any atom is 0.417 e. The summed E-state index contributed by atoms with van der Waals surface area (Å²) in [4.78, 5) is 23.6. The number of carbonyl (C=O) groups is 1. The summed E-state index contributed by atoms with van der Waals surface area (Å²) in [5.74, 6) is -0.209. The lowest BCUT2D eigenvalue weighted by molar-refractivity contribution is -0.137. The molecule has 4 rings (SSSR count). The van der Waals surface area contributed by atoms with Crippen LogP contribution in [0, 0.1) is 0 Å². The summed E-state index contributed by atoms with van der Waals surface area (Å²) >= 11 is 0.